The van der Waals surface area contributed by atoms with Crippen molar-refractivity contribution >= 4 is 5.91 Å². The Labute approximate surface area is 108 Å². The molecule has 0 aliphatic carbocycles. The van der Waals surface area contributed by atoms with Gasteiger partial charge in [-0.15, -0.1) is 0 Å². The largest absolute Gasteiger partial charge is 0.336 e. The van der Waals surface area contributed by atoms with E-state index in [4.69, 9.17) is 5.26 Å². The maximum Gasteiger partial charge on any atom is 0.272 e. The summed E-state index contributed by atoms with van der Waals surface area (Å²) in [5, 5.41) is 12.8. The number of aromatic nitrogens is 2. The van der Waals surface area contributed by atoms with E-state index in [9.17, 15) is 4.79 Å². The maximum atomic E-state index is 12.4. The molecule has 0 radical (unpaired) electrons. The first-order valence-corrected chi connectivity index (χ1v) is 6.12. The van der Waals surface area contributed by atoms with Crippen LogP contribution in [0.2, 0.25) is 0 Å². The van der Waals surface area contributed by atoms with Gasteiger partial charge in [0.25, 0.3) is 5.91 Å². The summed E-state index contributed by atoms with van der Waals surface area (Å²) in [4.78, 5) is 14.1. The molecule has 5 heteroatoms. The second-order valence-corrected chi connectivity index (χ2v) is 4.85. The fourth-order valence-corrected chi connectivity index (χ4v) is 1.87. The molecular formula is C13H20N4O. The van der Waals surface area contributed by atoms with Gasteiger partial charge in [-0.1, -0.05) is 13.8 Å². The van der Waals surface area contributed by atoms with E-state index in [1.165, 1.54) is 0 Å². The molecule has 5 nitrogen and oxygen atoms in total. The minimum atomic E-state index is -0.0537. The van der Waals surface area contributed by atoms with Gasteiger partial charge in [0.15, 0.2) is 0 Å². The molecule has 0 saturated heterocycles. The molecule has 0 saturated carbocycles. The fourth-order valence-electron chi connectivity index (χ4n) is 1.87. The molecule has 0 N–H and O–H groups in total. The molecule has 0 fully saturated rings. The molecular weight excluding hydrogens is 228 g/mol. The van der Waals surface area contributed by atoms with E-state index in [0.717, 1.165) is 5.69 Å². The first-order chi connectivity index (χ1) is 8.45. The molecule has 0 atom stereocenters. The van der Waals surface area contributed by atoms with Gasteiger partial charge < -0.3 is 4.90 Å². The Morgan fingerprint density at radius 3 is 2.72 bits per heavy atom. The third-order valence-corrected chi connectivity index (χ3v) is 2.59. The van der Waals surface area contributed by atoms with Crippen LogP contribution < -0.4 is 0 Å². The molecule has 1 heterocycles. The quantitative estimate of drug-likeness (QED) is 0.797. The fraction of sp³-hybridized carbons (Fsp3) is 0.615. The normalized spacial score (nSPS) is 10.4. The molecule has 1 amide bonds. The van der Waals surface area contributed by atoms with Gasteiger partial charge in [-0.2, -0.15) is 10.4 Å². The summed E-state index contributed by atoms with van der Waals surface area (Å²) in [7, 11) is 1.76. The second kappa shape index (κ2) is 6.20. The first kappa shape index (κ1) is 14.2. The van der Waals surface area contributed by atoms with Crippen LogP contribution in [0.3, 0.4) is 0 Å². The highest BCUT2D eigenvalue weighted by Crippen LogP contribution is 2.09. The van der Waals surface area contributed by atoms with Crippen molar-refractivity contribution in [1.29, 1.82) is 5.26 Å². The number of carbonyl (C=O) groups is 1. The summed E-state index contributed by atoms with van der Waals surface area (Å²) in [5.41, 5.74) is 1.40. The Morgan fingerprint density at radius 1 is 1.61 bits per heavy atom. The average Bonchev–Trinajstić information content (AvgIpc) is 2.62. The monoisotopic (exact) mass is 248 g/mol. The number of nitrogens with zero attached hydrogens (tertiary/aromatic N) is 4. The van der Waals surface area contributed by atoms with Crippen molar-refractivity contribution in [3.63, 3.8) is 0 Å². The molecule has 0 aliphatic rings. The van der Waals surface area contributed by atoms with Gasteiger partial charge >= 0.3 is 0 Å². The third kappa shape index (κ3) is 3.59. The third-order valence-electron chi connectivity index (χ3n) is 2.59. The highest BCUT2D eigenvalue weighted by atomic mass is 16.2. The van der Waals surface area contributed by atoms with Gasteiger partial charge in [0.05, 0.1) is 18.2 Å². The lowest BCUT2D eigenvalue weighted by atomic mass is 10.2. The van der Waals surface area contributed by atoms with Gasteiger partial charge in [-0.05, 0) is 18.9 Å². The van der Waals surface area contributed by atoms with Gasteiger partial charge in [0.1, 0.15) is 5.69 Å². The minimum Gasteiger partial charge on any atom is -0.336 e. The number of carbonyl (C=O) groups excluding carboxylic acids is 1. The molecule has 0 aliphatic heterocycles. The summed E-state index contributed by atoms with van der Waals surface area (Å²) >= 11 is 0. The topological polar surface area (TPSA) is 61.9 Å². The standard InChI is InChI=1S/C13H20N4O/c1-10(2)9-17(7-5-6-14)13(18)12-8-11(3)15-16(12)4/h8,10H,5,7,9H2,1-4H3. The number of hydrogen-bond acceptors (Lipinski definition) is 3. The number of aryl methyl sites for hydroxylation is 2. The first-order valence-electron chi connectivity index (χ1n) is 6.12. The Kier molecular flexibility index (Phi) is 4.90. The lowest BCUT2D eigenvalue weighted by Gasteiger charge is -2.23. The number of rotatable bonds is 5. The van der Waals surface area contributed by atoms with E-state index >= 15 is 0 Å². The number of amides is 1. The average molecular weight is 248 g/mol. The van der Waals surface area contributed by atoms with Crippen LogP contribution in [0.5, 0.6) is 0 Å². The predicted octanol–water partition coefficient (Wildman–Crippen LogP) is 1.74. The van der Waals surface area contributed by atoms with Crippen LogP contribution in [0, 0.1) is 24.2 Å². The Balaban J connectivity index is 2.88. The highest BCUT2D eigenvalue weighted by Gasteiger charge is 2.20. The molecule has 0 unspecified atom stereocenters. The zero-order valence-electron chi connectivity index (χ0n) is 11.5. The Hall–Kier alpha value is -1.83. The van der Waals surface area contributed by atoms with Gasteiger partial charge in [0.2, 0.25) is 0 Å². The Morgan fingerprint density at radius 2 is 2.28 bits per heavy atom. The molecule has 18 heavy (non-hydrogen) atoms. The summed E-state index contributed by atoms with van der Waals surface area (Å²) in [6.45, 7) is 7.10. The van der Waals surface area contributed by atoms with Crippen LogP contribution in [-0.2, 0) is 7.05 Å². The van der Waals surface area contributed by atoms with E-state index in [0.29, 0.717) is 31.1 Å². The van der Waals surface area contributed by atoms with Crippen LogP contribution >= 0.6 is 0 Å². The predicted molar refractivity (Wildman–Crippen MR) is 68.9 cm³/mol. The smallest absolute Gasteiger partial charge is 0.272 e. The van der Waals surface area contributed by atoms with Gasteiger partial charge in [-0.25, -0.2) is 0 Å². The molecule has 0 bridgehead atoms. The van der Waals surface area contributed by atoms with Crippen molar-refractivity contribution in [1.82, 2.24) is 14.7 Å². The molecule has 0 aromatic carbocycles. The van der Waals surface area contributed by atoms with E-state index < -0.39 is 0 Å². The van der Waals surface area contributed by atoms with Crippen molar-refractivity contribution in [3.8, 4) is 6.07 Å². The van der Waals surface area contributed by atoms with Gasteiger partial charge in [-0.3, -0.25) is 9.48 Å². The summed E-state index contributed by atoms with van der Waals surface area (Å²) < 4.78 is 1.59. The van der Waals surface area contributed by atoms with Crippen LogP contribution in [0.1, 0.15) is 36.5 Å². The minimum absolute atomic E-state index is 0.0537. The van der Waals surface area contributed by atoms with Crippen LogP contribution in [0.4, 0.5) is 0 Å². The van der Waals surface area contributed by atoms with Crippen molar-refractivity contribution in [3.05, 3.63) is 17.5 Å². The highest BCUT2D eigenvalue weighted by molar-refractivity contribution is 5.92. The molecule has 1 aromatic rings. The van der Waals surface area contributed by atoms with E-state index in [1.807, 2.05) is 6.92 Å². The number of nitriles is 1. The van der Waals surface area contributed by atoms with Crippen molar-refractivity contribution in [2.24, 2.45) is 13.0 Å². The number of hydrogen-bond donors (Lipinski definition) is 0. The van der Waals surface area contributed by atoms with E-state index in [2.05, 4.69) is 25.0 Å². The summed E-state index contributed by atoms with van der Waals surface area (Å²) in [5.74, 6) is 0.323. The lowest BCUT2D eigenvalue weighted by Crippen LogP contribution is -2.36. The van der Waals surface area contributed by atoms with Crippen molar-refractivity contribution in [2.45, 2.75) is 27.2 Å². The zero-order valence-corrected chi connectivity index (χ0v) is 11.5. The van der Waals surface area contributed by atoms with E-state index in [-0.39, 0.29) is 5.91 Å². The molecule has 0 spiro atoms. The second-order valence-electron chi connectivity index (χ2n) is 4.85. The van der Waals surface area contributed by atoms with Crippen LogP contribution in [0.15, 0.2) is 6.07 Å². The molecule has 98 valence electrons. The van der Waals surface area contributed by atoms with Crippen molar-refractivity contribution < 1.29 is 4.79 Å². The SMILES string of the molecule is Cc1cc(C(=O)N(CCC#N)CC(C)C)n(C)n1. The summed E-state index contributed by atoms with van der Waals surface area (Å²) in [6, 6.07) is 3.86. The molecule has 1 aromatic heterocycles. The Bertz CT molecular complexity index is 456. The maximum absolute atomic E-state index is 12.4. The van der Waals surface area contributed by atoms with Crippen molar-refractivity contribution in [2.75, 3.05) is 13.1 Å². The van der Waals surface area contributed by atoms with Gasteiger partial charge in [0, 0.05) is 20.1 Å². The summed E-state index contributed by atoms with van der Waals surface area (Å²) in [6.07, 6.45) is 0.356. The lowest BCUT2D eigenvalue weighted by molar-refractivity contribution is 0.0729. The van der Waals surface area contributed by atoms with E-state index in [1.54, 1.807) is 22.7 Å². The van der Waals surface area contributed by atoms with Crippen LogP contribution in [-0.4, -0.2) is 33.7 Å². The molecule has 1 rings (SSSR count). The zero-order chi connectivity index (χ0) is 13.7. The van der Waals surface area contributed by atoms with Crippen LogP contribution in [0.25, 0.3) is 0 Å².